The van der Waals surface area contributed by atoms with Crippen LogP contribution in [0.3, 0.4) is 0 Å². The average molecular weight is 286 g/mol. The largest absolute Gasteiger partial charge is 0.477 e. The number of carbonyl (C=O) groups excluding carboxylic acids is 1. The molecule has 0 fully saturated rings. The molecule has 0 spiro atoms. The predicted octanol–water partition coefficient (Wildman–Crippen LogP) is 1.80. The van der Waals surface area contributed by atoms with Crippen LogP contribution in [0.15, 0.2) is 36.7 Å². The fourth-order valence-corrected chi connectivity index (χ4v) is 1.55. The summed E-state index contributed by atoms with van der Waals surface area (Å²) in [6.45, 7) is 2.23. The number of carboxylic acids is 1. The molecule has 0 aromatic carbocycles. The lowest BCUT2D eigenvalue weighted by Crippen LogP contribution is -2.28. The molecule has 0 aliphatic carbocycles. The number of aromatic nitrogens is 2. The van der Waals surface area contributed by atoms with Crippen LogP contribution in [0.5, 0.6) is 0 Å². The summed E-state index contributed by atoms with van der Waals surface area (Å²) >= 11 is 0. The average Bonchev–Trinajstić information content (AvgIpc) is 2.47. The Labute approximate surface area is 121 Å². The molecular weight excluding hydrogens is 272 g/mol. The Balaban J connectivity index is 1.86. The van der Waals surface area contributed by atoms with Crippen molar-refractivity contribution in [3.05, 3.63) is 53.6 Å². The number of hydrogen-bond donors (Lipinski definition) is 3. The van der Waals surface area contributed by atoms with Crippen molar-refractivity contribution in [2.24, 2.45) is 0 Å². The van der Waals surface area contributed by atoms with Crippen molar-refractivity contribution in [3.8, 4) is 0 Å². The summed E-state index contributed by atoms with van der Waals surface area (Å²) in [7, 11) is 0. The summed E-state index contributed by atoms with van der Waals surface area (Å²) < 4.78 is 0. The van der Waals surface area contributed by atoms with E-state index in [9.17, 15) is 9.59 Å². The van der Waals surface area contributed by atoms with Gasteiger partial charge >= 0.3 is 12.0 Å². The second kappa shape index (κ2) is 6.47. The standard InChI is InChI=1S/C14H14N4O3/c1-9-2-3-10(6-15-9)7-17-14(21)18-11-4-5-12(13(19)20)16-8-11/h2-6,8H,7H2,1H3,(H,19,20)(H2,17,18,21). The first kappa shape index (κ1) is 14.4. The van der Waals surface area contributed by atoms with Gasteiger partial charge in [0.05, 0.1) is 11.9 Å². The van der Waals surface area contributed by atoms with Crippen molar-refractivity contribution in [1.29, 1.82) is 0 Å². The molecule has 0 saturated carbocycles. The number of hydrogen-bond acceptors (Lipinski definition) is 4. The van der Waals surface area contributed by atoms with E-state index in [1.807, 2.05) is 19.1 Å². The minimum atomic E-state index is -1.11. The Morgan fingerprint density at radius 1 is 1.14 bits per heavy atom. The van der Waals surface area contributed by atoms with E-state index in [1.165, 1.54) is 18.3 Å². The molecule has 0 atom stereocenters. The Morgan fingerprint density at radius 3 is 2.52 bits per heavy atom. The maximum absolute atomic E-state index is 11.7. The van der Waals surface area contributed by atoms with Gasteiger partial charge in [0.15, 0.2) is 0 Å². The fraction of sp³-hybridized carbons (Fsp3) is 0.143. The molecule has 2 rings (SSSR count). The van der Waals surface area contributed by atoms with Gasteiger partial charge in [0, 0.05) is 18.4 Å². The number of pyridine rings is 2. The Kier molecular flexibility index (Phi) is 4.45. The molecule has 21 heavy (non-hydrogen) atoms. The minimum Gasteiger partial charge on any atom is -0.477 e. The monoisotopic (exact) mass is 286 g/mol. The SMILES string of the molecule is Cc1ccc(CNC(=O)Nc2ccc(C(=O)O)nc2)cn1. The number of anilines is 1. The van der Waals surface area contributed by atoms with E-state index in [4.69, 9.17) is 5.11 Å². The summed E-state index contributed by atoms with van der Waals surface area (Å²) in [5, 5.41) is 14.0. The first-order valence-corrected chi connectivity index (χ1v) is 6.20. The van der Waals surface area contributed by atoms with Crippen LogP contribution < -0.4 is 10.6 Å². The normalized spacial score (nSPS) is 9.95. The van der Waals surface area contributed by atoms with Crippen LogP contribution in [-0.2, 0) is 6.54 Å². The zero-order valence-electron chi connectivity index (χ0n) is 11.3. The van der Waals surface area contributed by atoms with Gasteiger partial charge in [-0.2, -0.15) is 0 Å². The second-order valence-corrected chi connectivity index (χ2v) is 4.35. The lowest BCUT2D eigenvalue weighted by Gasteiger charge is -2.07. The molecule has 2 aromatic heterocycles. The summed E-state index contributed by atoms with van der Waals surface area (Å²) in [6.07, 6.45) is 2.98. The Bertz CT molecular complexity index is 638. The van der Waals surface area contributed by atoms with Crippen LogP contribution in [0, 0.1) is 6.92 Å². The van der Waals surface area contributed by atoms with E-state index in [2.05, 4.69) is 20.6 Å². The van der Waals surface area contributed by atoms with E-state index in [-0.39, 0.29) is 5.69 Å². The van der Waals surface area contributed by atoms with E-state index in [0.717, 1.165) is 11.3 Å². The number of nitrogens with one attached hydrogen (secondary N) is 2. The third-order valence-corrected chi connectivity index (χ3v) is 2.67. The van der Waals surface area contributed by atoms with Gasteiger partial charge < -0.3 is 15.7 Å². The molecule has 2 amide bonds. The quantitative estimate of drug-likeness (QED) is 0.795. The van der Waals surface area contributed by atoms with Crippen molar-refractivity contribution < 1.29 is 14.7 Å². The number of aryl methyl sites for hydroxylation is 1. The number of aromatic carboxylic acids is 1. The molecule has 2 heterocycles. The summed E-state index contributed by atoms with van der Waals surface area (Å²) in [5.41, 5.74) is 2.13. The fourth-order valence-electron chi connectivity index (χ4n) is 1.55. The summed E-state index contributed by atoms with van der Waals surface area (Å²) in [5.74, 6) is -1.11. The van der Waals surface area contributed by atoms with Crippen LogP contribution in [0.2, 0.25) is 0 Å². The molecule has 0 saturated heterocycles. The highest BCUT2D eigenvalue weighted by atomic mass is 16.4. The zero-order valence-corrected chi connectivity index (χ0v) is 11.3. The highest BCUT2D eigenvalue weighted by Crippen LogP contribution is 2.06. The van der Waals surface area contributed by atoms with Gasteiger partial charge in [0.25, 0.3) is 0 Å². The second-order valence-electron chi connectivity index (χ2n) is 4.35. The minimum absolute atomic E-state index is 0.0771. The summed E-state index contributed by atoms with van der Waals surface area (Å²) in [6, 6.07) is 6.14. The van der Waals surface area contributed by atoms with Crippen molar-refractivity contribution in [2.45, 2.75) is 13.5 Å². The van der Waals surface area contributed by atoms with Gasteiger partial charge in [0.1, 0.15) is 5.69 Å². The van der Waals surface area contributed by atoms with Crippen molar-refractivity contribution in [3.63, 3.8) is 0 Å². The lowest BCUT2D eigenvalue weighted by atomic mass is 10.2. The third kappa shape index (κ3) is 4.27. The topological polar surface area (TPSA) is 104 Å². The molecule has 0 unspecified atom stereocenters. The van der Waals surface area contributed by atoms with E-state index in [0.29, 0.717) is 12.2 Å². The number of urea groups is 1. The molecule has 3 N–H and O–H groups in total. The van der Waals surface area contributed by atoms with E-state index < -0.39 is 12.0 Å². The van der Waals surface area contributed by atoms with Crippen LogP contribution in [0.4, 0.5) is 10.5 Å². The van der Waals surface area contributed by atoms with Crippen molar-refractivity contribution in [2.75, 3.05) is 5.32 Å². The van der Waals surface area contributed by atoms with Crippen molar-refractivity contribution >= 4 is 17.7 Å². The smallest absolute Gasteiger partial charge is 0.354 e. The van der Waals surface area contributed by atoms with E-state index in [1.54, 1.807) is 6.20 Å². The van der Waals surface area contributed by atoms with Crippen molar-refractivity contribution in [1.82, 2.24) is 15.3 Å². The van der Waals surface area contributed by atoms with Gasteiger partial charge in [-0.3, -0.25) is 4.98 Å². The maximum atomic E-state index is 11.7. The van der Waals surface area contributed by atoms with Gasteiger partial charge in [0.2, 0.25) is 0 Å². The van der Waals surface area contributed by atoms with Crippen LogP contribution >= 0.6 is 0 Å². The lowest BCUT2D eigenvalue weighted by molar-refractivity contribution is 0.0690. The third-order valence-electron chi connectivity index (χ3n) is 2.67. The Morgan fingerprint density at radius 2 is 1.95 bits per heavy atom. The molecule has 0 aliphatic heterocycles. The zero-order chi connectivity index (χ0) is 15.2. The van der Waals surface area contributed by atoms with Gasteiger partial charge in [-0.05, 0) is 30.7 Å². The maximum Gasteiger partial charge on any atom is 0.354 e. The first-order chi connectivity index (χ1) is 10.0. The highest BCUT2D eigenvalue weighted by Gasteiger charge is 2.06. The van der Waals surface area contributed by atoms with E-state index >= 15 is 0 Å². The molecule has 0 radical (unpaired) electrons. The molecule has 0 bridgehead atoms. The molecule has 108 valence electrons. The van der Waals surface area contributed by atoms with Crippen LogP contribution in [0.25, 0.3) is 0 Å². The number of rotatable bonds is 4. The van der Waals surface area contributed by atoms with Crippen LogP contribution in [0.1, 0.15) is 21.7 Å². The number of carbonyl (C=O) groups is 2. The highest BCUT2D eigenvalue weighted by molar-refractivity contribution is 5.90. The molecular formula is C14H14N4O3. The Hall–Kier alpha value is -2.96. The van der Waals surface area contributed by atoms with Gasteiger partial charge in [-0.15, -0.1) is 0 Å². The van der Waals surface area contributed by atoms with Gasteiger partial charge in [-0.25, -0.2) is 14.6 Å². The first-order valence-electron chi connectivity index (χ1n) is 6.20. The molecule has 0 aliphatic rings. The number of nitrogens with zero attached hydrogens (tertiary/aromatic N) is 2. The molecule has 2 aromatic rings. The number of carboxylic acid groups (broad SMARTS) is 1. The van der Waals surface area contributed by atoms with Gasteiger partial charge in [-0.1, -0.05) is 6.07 Å². The van der Waals surface area contributed by atoms with Crippen LogP contribution in [-0.4, -0.2) is 27.1 Å². The molecule has 7 nitrogen and oxygen atoms in total. The predicted molar refractivity (Wildman–Crippen MR) is 76.0 cm³/mol. The summed E-state index contributed by atoms with van der Waals surface area (Å²) in [4.78, 5) is 30.2. The molecule has 7 heteroatoms. The number of amides is 2.